The molecule has 90 valence electrons. The van der Waals surface area contributed by atoms with Gasteiger partial charge in [0.15, 0.2) is 0 Å². The summed E-state index contributed by atoms with van der Waals surface area (Å²) in [5, 5.41) is 12.9. The Kier molecular flexibility index (Phi) is 5.58. The van der Waals surface area contributed by atoms with Crippen LogP contribution in [0.4, 0.5) is 0 Å². The van der Waals surface area contributed by atoms with Crippen LogP contribution in [0.5, 0.6) is 0 Å². The summed E-state index contributed by atoms with van der Waals surface area (Å²) in [5.41, 5.74) is 0. The molecule has 0 aromatic heterocycles. The van der Waals surface area contributed by atoms with Gasteiger partial charge in [0.25, 0.3) is 0 Å². The standard InChI is InChI=1S/C12H25NO2/c1-4-12(14)5-6-13-11-7-9(2)15-10(3)8-11/h9-14H,4-8H2,1-3H3. The average Bonchev–Trinajstić information content (AvgIpc) is 2.16. The molecule has 0 aromatic rings. The lowest BCUT2D eigenvalue weighted by atomic mass is 9.99. The first-order valence-corrected chi connectivity index (χ1v) is 6.18. The molecule has 1 aliphatic heterocycles. The van der Waals surface area contributed by atoms with Crippen LogP contribution in [-0.2, 0) is 4.74 Å². The monoisotopic (exact) mass is 215 g/mol. The molecule has 0 radical (unpaired) electrons. The lowest BCUT2D eigenvalue weighted by Crippen LogP contribution is -2.42. The normalized spacial score (nSPS) is 34.0. The molecule has 1 heterocycles. The molecule has 1 saturated heterocycles. The molecular formula is C12H25NO2. The van der Waals surface area contributed by atoms with E-state index in [2.05, 4.69) is 19.2 Å². The quantitative estimate of drug-likeness (QED) is 0.733. The van der Waals surface area contributed by atoms with Crippen molar-refractivity contribution >= 4 is 0 Å². The maximum atomic E-state index is 9.43. The number of aliphatic hydroxyl groups excluding tert-OH is 1. The number of ether oxygens (including phenoxy) is 1. The summed E-state index contributed by atoms with van der Waals surface area (Å²) < 4.78 is 5.68. The van der Waals surface area contributed by atoms with Crippen molar-refractivity contribution in [2.45, 2.75) is 70.8 Å². The van der Waals surface area contributed by atoms with Crippen LogP contribution in [0, 0.1) is 0 Å². The Hall–Kier alpha value is -0.120. The molecule has 0 amide bonds. The zero-order chi connectivity index (χ0) is 11.3. The van der Waals surface area contributed by atoms with Gasteiger partial charge in [-0.2, -0.15) is 0 Å². The van der Waals surface area contributed by atoms with Crippen molar-refractivity contribution in [1.29, 1.82) is 0 Å². The highest BCUT2D eigenvalue weighted by Gasteiger charge is 2.23. The minimum Gasteiger partial charge on any atom is -0.393 e. The lowest BCUT2D eigenvalue weighted by molar-refractivity contribution is -0.0422. The molecule has 0 bridgehead atoms. The second-order valence-corrected chi connectivity index (χ2v) is 4.73. The number of hydrogen-bond acceptors (Lipinski definition) is 3. The van der Waals surface area contributed by atoms with E-state index in [1.165, 1.54) is 0 Å². The third-order valence-corrected chi connectivity index (χ3v) is 3.08. The van der Waals surface area contributed by atoms with E-state index in [0.717, 1.165) is 32.2 Å². The van der Waals surface area contributed by atoms with E-state index in [9.17, 15) is 5.11 Å². The summed E-state index contributed by atoms with van der Waals surface area (Å²) in [6.45, 7) is 7.19. The van der Waals surface area contributed by atoms with E-state index < -0.39 is 0 Å². The minimum atomic E-state index is -0.146. The van der Waals surface area contributed by atoms with Gasteiger partial charge < -0.3 is 15.2 Å². The maximum absolute atomic E-state index is 9.43. The largest absolute Gasteiger partial charge is 0.393 e. The topological polar surface area (TPSA) is 41.5 Å². The van der Waals surface area contributed by atoms with Crippen molar-refractivity contribution in [2.75, 3.05) is 6.54 Å². The van der Waals surface area contributed by atoms with Crippen molar-refractivity contribution in [3.05, 3.63) is 0 Å². The average molecular weight is 215 g/mol. The second-order valence-electron chi connectivity index (χ2n) is 4.73. The Balaban J connectivity index is 2.15. The highest BCUT2D eigenvalue weighted by molar-refractivity contribution is 4.78. The van der Waals surface area contributed by atoms with Crippen LogP contribution in [-0.4, -0.2) is 36.0 Å². The number of aliphatic hydroxyl groups is 1. The van der Waals surface area contributed by atoms with Crippen molar-refractivity contribution in [1.82, 2.24) is 5.32 Å². The molecule has 3 atom stereocenters. The van der Waals surface area contributed by atoms with Gasteiger partial charge in [0.2, 0.25) is 0 Å². The van der Waals surface area contributed by atoms with Crippen molar-refractivity contribution in [3.8, 4) is 0 Å². The smallest absolute Gasteiger partial charge is 0.0565 e. The molecule has 1 fully saturated rings. The van der Waals surface area contributed by atoms with Gasteiger partial charge in [0.05, 0.1) is 18.3 Å². The maximum Gasteiger partial charge on any atom is 0.0565 e. The first-order valence-electron chi connectivity index (χ1n) is 6.18. The van der Waals surface area contributed by atoms with Crippen LogP contribution >= 0.6 is 0 Å². The van der Waals surface area contributed by atoms with E-state index in [1.54, 1.807) is 0 Å². The summed E-state index contributed by atoms with van der Waals surface area (Å²) in [6.07, 6.45) is 4.47. The molecule has 0 aliphatic carbocycles. The molecule has 3 nitrogen and oxygen atoms in total. The number of nitrogens with one attached hydrogen (secondary N) is 1. The zero-order valence-corrected chi connectivity index (χ0v) is 10.2. The molecule has 3 unspecified atom stereocenters. The van der Waals surface area contributed by atoms with Gasteiger partial charge in [-0.25, -0.2) is 0 Å². The third kappa shape index (κ3) is 4.96. The number of rotatable bonds is 5. The van der Waals surface area contributed by atoms with E-state index in [4.69, 9.17) is 4.74 Å². The fourth-order valence-electron chi connectivity index (χ4n) is 2.23. The Labute approximate surface area is 93.2 Å². The van der Waals surface area contributed by atoms with E-state index in [0.29, 0.717) is 18.2 Å². The summed E-state index contributed by atoms with van der Waals surface area (Å²) in [5.74, 6) is 0. The molecule has 0 saturated carbocycles. The Morgan fingerprint density at radius 1 is 1.33 bits per heavy atom. The second kappa shape index (κ2) is 6.46. The highest BCUT2D eigenvalue weighted by Crippen LogP contribution is 2.18. The van der Waals surface area contributed by atoms with Gasteiger partial charge in [-0.1, -0.05) is 6.92 Å². The highest BCUT2D eigenvalue weighted by atomic mass is 16.5. The molecule has 0 aromatic carbocycles. The summed E-state index contributed by atoms with van der Waals surface area (Å²) >= 11 is 0. The molecule has 2 N–H and O–H groups in total. The van der Waals surface area contributed by atoms with Gasteiger partial charge in [-0.3, -0.25) is 0 Å². The first kappa shape index (κ1) is 12.9. The van der Waals surface area contributed by atoms with Gasteiger partial charge in [-0.15, -0.1) is 0 Å². The van der Waals surface area contributed by atoms with Crippen molar-refractivity contribution in [3.63, 3.8) is 0 Å². The van der Waals surface area contributed by atoms with E-state index >= 15 is 0 Å². The van der Waals surface area contributed by atoms with E-state index in [1.807, 2.05) is 6.92 Å². The molecule has 1 rings (SSSR count). The molecule has 1 aliphatic rings. The SMILES string of the molecule is CCC(O)CCNC1CC(C)OC(C)C1. The molecule has 15 heavy (non-hydrogen) atoms. The fraction of sp³-hybridized carbons (Fsp3) is 1.00. The Bertz CT molecular complexity index is 165. The van der Waals surface area contributed by atoms with Crippen LogP contribution < -0.4 is 5.32 Å². The summed E-state index contributed by atoms with van der Waals surface area (Å²) in [4.78, 5) is 0. The lowest BCUT2D eigenvalue weighted by Gasteiger charge is -2.32. The molecule has 0 spiro atoms. The van der Waals surface area contributed by atoms with E-state index in [-0.39, 0.29) is 6.10 Å². The van der Waals surface area contributed by atoms with Crippen LogP contribution in [0.1, 0.15) is 46.5 Å². The van der Waals surface area contributed by atoms with Crippen LogP contribution in [0.3, 0.4) is 0 Å². The predicted molar refractivity (Wildman–Crippen MR) is 61.9 cm³/mol. The molecule has 3 heteroatoms. The summed E-state index contributed by atoms with van der Waals surface area (Å²) in [6, 6.07) is 0.563. The predicted octanol–water partition coefficient (Wildman–Crippen LogP) is 1.69. The Morgan fingerprint density at radius 3 is 2.47 bits per heavy atom. The third-order valence-electron chi connectivity index (χ3n) is 3.08. The van der Waals surface area contributed by atoms with Gasteiger partial charge in [0.1, 0.15) is 0 Å². The number of hydrogen-bond donors (Lipinski definition) is 2. The van der Waals surface area contributed by atoms with Crippen LogP contribution in [0.2, 0.25) is 0 Å². The van der Waals surface area contributed by atoms with Gasteiger partial charge in [0, 0.05) is 6.04 Å². The van der Waals surface area contributed by atoms with Crippen LogP contribution in [0.25, 0.3) is 0 Å². The molecular weight excluding hydrogens is 190 g/mol. The van der Waals surface area contributed by atoms with Gasteiger partial charge >= 0.3 is 0 Å². The van der Waals surface area contributed by atoms with Gasteiger partial charge in [-0.05, 0) is 46.1 Å². The fourth-order valence-corrected chi connectivity index (χ4v) is 2.23. The summed E-state index contributed by atoms with van der Waals surface area (Å²) in [7, 11) is 0. The van der Waals surface area contributed by atoms with Crippen molar-refractivity contribution in [2.24, 2.45) is 0 Å². The van der Waals surface area contributed by atoms with Crippen LogP contribution in [0.15, 0.2) is 0 Å². The van der Waals surface area contributed by atoms with Crippen molar-refractivity contribution < 1.29 is 9.84 Å². The minimum absolute atomic E-state index is 0.146. The Morgan fingerprint density at radius 2 is 1.93 bits per heavy atom. The zero-order valence-electron chi connectivity index (χ0n) is 10.2. The first-order chi connectivity index (χ1) is 7.11.